The van der Waals surface area contributed by atoms with Crippen LogP contribution in [0.15, 0.2) is 36.5 Å². The molecule has 5 rings (SSSR count). The third-order valence-electron chi connectivity index (χ3n) is 6.47. The third-order valence-corrected chi connectivity index (χ3v) is 6.47. The van der Waals surface area contributed by atoms with Crippen molar-refractivity contribution < 1.29 is 9.72 Å². The van der Waals surface area contributed by atoms with Crippen molar-refractivity contribution in [3.63, 3.8) is 0 Å². The number of nitrogens with zero attached hydrogens (tertiary/aromatic N) is 5. The molecule has 3 aromatic rings. The van der Waals surface area contributed by atoms with E-state index < -0.39 is 4.92 Å². The van der Waals surface area contributed by atoms with Crippen LogP contribution in [-0.2, 0) is 12.8 Å². The Balaban J connectivity index is 1.41. The summed E-state index contributed by atoms with van der Waals surface area (Å²) in [5, 5.41) is 11.8. The van der Waals surface area contributed by atoms with Gasteiger partial charge in [0.25, 0.3) is 11.6 Å². The first-order valence-corrected chi connectivity index (χ1v) is 11.1. The standard InChI is InChI=1S/C24H25N5O3/c1-16-6-8-21-19(14-16)23(18-4-2-3-5-20(18)26-21)24(30)28-12-10-27(11-13-28)22-9-7-17(15-25-22)29(31)32/h6-9,14-15H,2-5,10-13H2,1H3. The number of aryl methyl sites for hydroxylation is 2. The molecule has 1 aromatic carbocycles. The molecule has 164 valence electrons. The number of hydrogen-bond donors (Lipinski definition) is 0. The van der Waals surface area contributed by atoms with Crippen molar-refractivity contribution in [3.8, 4) is 0 Å². The molecule has 1 aliphatic carbocycles. The first-order valence-electron chi connectivity index (χ1n) is 11.1. The van der Waals surface area contributed by atoms with Crippen LogP contribution in [0, 0.1) is 17.0 Å². The van der Waals surface area contributed by atoms with E-state index >= 15 is 0 Å². The number of anilines is 1. The average molecular weight is 431 g/mol. The summed E-state index contributed by atoms with van der Waals surface area (Å²) in [6.07, 6.45) is 5.32. The fourth-order valence-corrected chi connectivity index (χ4v) is 4.75. The van der Waals surface area contributed by atoms with E-state index in [4.69, 9.17) is 4.98 Å². The fourth-order valence-electron chi connectivity index (χ4n) is 4.75. The van der Waals surface area contributed by atoms with Crippen LogP contribution in [0.3, 0.4) is 0 Å². The predicted octanol–water partition coefficient (Wildman–Crippen LogP) is 3.69. The molecular formula is C24H25N5O3. The van der Waals surface area contributed by atoms with Gasteiger partial charge in [-0.15, -0.1) is 0 Å². The summed E-state index contributed by atoms with van der Waals surface area (Å²) in [5.41, 5.74) is 5.03. The van der Waals surface area contributed by atoms with E-state index in [0.717, 1.165) is 59.0 Å². The highest BCUT2D eigenvalue weighted by molar-refractivity contribution is 6.08. The Labute approximate surface area is 186 Å². The number of rotatable bonds is 3. The molecule has 2 aliphatic rings. The maximum absolute atomic E-state index is 13.7. The second-order valence-electron chi connectivity index (χ2n) is 8.55. The smallest absolute Gasteiger partial charge is 0.287 e. The number of pyridine rings is 2. The Morgan fingerprint density at radius 3 is 2.56 bits per heavy atom. The number of fused-ring (bicyclic) bond motifs is 2. The van der Waals surface area contributed by atoms with Crippen molar-refractivity contribution in [2.75, 3.05) is 31.1 Å². The summed E-state index contributed by atoms with van der Waals surface area (Å²) in [7, 11) is 0. The van der Waals surface area contributed by atoms with Gasteiger partial charge < -0.3 is 9.80 Å². The molecule has 0 saturated carbocycles. The minimum Gasteiger partial charge on any atom is -0.353 e. The molecule has 1 saturated heterocycles. The van der Waals surface area contributed by atoms with Crippen LogP contribution in [0.4, 0.5) is 11.5 Å². The molecule has 1 fully saturated rings. The van der Waals surface area contributed by atoms with Crippen LogP contribution in [0.1, 0.15) is 40.0 Å². The van der Waals surface area contributed by atoms with Gasteiger partial charge in [-0.25, -0.2) is 4.98 Å². The molecule has 32 heavy (non-hydrogen) atoms. The van der Waals surface area contributed by atoms with Crippen LogP contribution in [0.25, 0.3) is 10.9 Å². The highest BCUT2D eigenvalue weighted by atomic mass is 16.6. The molecule has 1 amide bonds. The van der Waals surface area contributed by atoms with Crippen LogP contribution < -0.4 is 4.90 Å². The molecule has 0 spiro atoms. The van der Waals surface area contributed by atoms with Crippen LogP contribution in [0.2, 0.25) is 0 Å². The third kappa shape index (κ3) is 3.66. The van der Waals surface area contributed by atoms with Gasteiger partial charge in [-0.05, 0) is 56.4 Å². The van der Waals surface area contributed by atoms with Gasteiger partial charge >= 0.3 is 0 Å². The van der Waals surface area contributed by atoms with Crippen molar-refractivity contribution in [1.82, 2.24) is 14.9 Å². The van der Waals surface area contributed by atoms with Gasteiger partial charge in [0.15, 0.2) is 0 Å². The molecule has 8 heteroatoms. The molecule has 8 nitrogen and oxygen atoms in total. The Morgan fingerprint density at radius 2 is 1.84 bits per heavy atom. The molecule has 3 heterocycles. The largest absolute Gasteiger partial charge is 0.353 e. The SMILES string of the molecule is Cc1ccc2nc3c(c(C(=O)N4CCN(c5ccc([N+](=O)[O-])cn5)CC4)c2c1)CCCC3. The lowest BCUT2D eigenvalue weighted by Crippen LogP contribution is -2.49. The lowest BCUT2D eigenvalue weighted by atomic mass is 9.89. The summed E-state index contributed by atoms with van der Waals surface area (Å²) < 4.78 is 0. The normalized spacial score (nSPS) is 16.2. The predicted molar refractivity (Wildman–Crippen MR) is 122 cm³/mol. The maximum Gasteiger partial charge on any atom is 0.287 e. The van der Waals surface area contributed by atoms with E-state index in [2.05, 4.69) is 22.0 Å². The lowest BCUT2D eigenvalue weighted by Gasteiger charge is -2.36. The van der Waals surface area contributed by atoms with E-state index in [9.17, 15) is 14.9 Å². The molecule has 0 unspecified atom stereocenters. The number of aromatic nitrogens is 2. The van der Waals surface area contributed by atoms with Gasteiger partial charge in [-0.3, -0.25) is 19.9 Å². The fraction of sp³-hybridized carbons (Fsp3) is 0.375. The first-order chi connectivity index (χ1) is 15.5. The van der Waals surface area contributed by atoms with Gasteiger partial charge in [0, 0.05) is 43.3 Å². The minimum absolute atomic E-state index is 0.0211. The van der Waals surface area contributed by atoms with Gasteiger partial charge in [-0.2, -0.15) is 0 Å². The van der Waals surface area contributed by atoms with Gasteiger partial charge in [0.2, 0.25) is 0 Å². The second kappa shape index (κ2) is 8.18. The number of amides is 1. The number of benzene rings is 1. The van der Waals surface area contributed by atoms with E-state index in [1.807, 2.05) is 17.9 Å². The maximum atomic E-state index is 13.7. The first kappa shape index (κ1) is 20.4. The lowest BCUT2D eigenvalue weighted by molar-refractivity contribution is -0.385. The van der Waals surface area contributed by atoms with E-state index in [1.165, 1.54) is 12.3 Å². The van der Waals surface area contributed by atoms with Crippen molar-refractivity contribution >= 4 is 28.3 Å². The number of nitro groups is 1. The zero-order chi connectivity index (χ0) is 22.2. The van der Waals surface area contributed by atoms with Crippen molar-refractivity contribution in [3.05, 3.63) is 69.0 Å². The summed E-state index contributed by atoms with van der Waals surface area (Å²) in [5.74, 6) is 0.780. The summed E-state index contributed by atoms with van der Waals surface area (Å²) in [6.45, 7) is 4.49. The topological polar surface area (TPSA) is 92.5 Å². The number of hydrogen-bond acceptors (Lipinski definition) is 6. The van der Waals surface area contributed by atoms with Crippen LogP contribution in [-0.4, -0.2) is 51.9 Å². The highest BCUT2D eigenvalue weighted by Crippen LogP contribution is 2.31. The molecule has 0 atom stereocenters. The monoisotopic (exact) mass is 431 g/mol. The second-order valence-corrected chi connectivity index (χ2v) is 8.55. The quantitative estimate of drug-likeness (QED) is 0.464. The molecular weight excluding hydrogens is 406 g/mol. The van der Waals surface area contributed by atoms with Crippen LogP contribution >= 0.6 is 0 Å². The molecule has 0 N–H and O–H groups in total. The minimum atomic E-state index is -0.450. The zero-order valence-electron chi connectivity index (χ0n) is 18.1. The Morgan fingerprint density at radius 1 is 1.06 bits per heavy atom. The van der Waals surface area contributed by atoms with Gasteiger partial charge in [-0.1, -0.05) is 11.6 Å². The molecule has 0 bridgehead atoms. The average Bonchev–Trinajstić information content (AvgIpc) is 2.82. The molecule has 1 aliphatic heterocycles. The number of piperazine rings is 1. The van der Waals surface area contributed by atoms with Crippen molar-refractivity contribution in [2.45, 2.75) is 32.6 Å². The Bertz CT molecular complexity index is 1200. The van der Waals surface area contributed by atoms with E-state index in [-0.39, 0.29) is 11.6 Å². The van der Waals surface area contributed by atoms with Gasteiger partial charge in [0.05, 0.1) is 16.0 Å². The summed E-state index contributed by atoms with van der Waals surface area (Å²) in [6, 6.07) is 9.30. The number of carbonyl (C=O) groups excluding carboxylic acids is 1. The highest BCUT2D eigenvalue weighted by Gasteiger charge is 2.28. The van der Waals surface area contributed by atoms with Gasteiger partial charge in [0.1, 0.15) is 12.0 Å². The van der Waals surface area contributed by atoms with Crippen molar-refractivity contribution in [2.24, 2.45) is 0 Å². The van der Waals surface area contributed by atoms with Crippen LogP contribution in [0.5, 0.6) is 0 Å². The Kier molecular flexibility index (Phi) is 5.20. The van der Waals surface area contributed by atoms with Crippen molar-refractivity contribution in [1.29, 1.82) is 0 Å². The molecule has 0 radical (unpaired) electrons. The summed E-state index contributed by atoms with van der Waals surface area (Å²) >= 11 is 0. The van der Waals surface area contributed by atoms with E-state index in [0.29, 0.717) is 32.0 Å². The Hall–Kier alpha value is -3.55. The summed E-state index contributed by atoms with van der Waals surface area (Å²) in [4.78, 5) is 37.3. The zero-order valence-corrected chi connectivity index (χ0v) is 18.1. The number of carbonyl (C=O) groups is 1. The van der Waals surface area contributed by atoms with E-state index in [1.54, 1.807) is 6.07 Å². The molecule has 2 aromatic heterocycles.